The Bertz CT molecular complexity index is 554. The van der Waals surface area contributed by atoms with E-state index in [0.29, 0.717) is 24.3 Å². The van der Waals surface area contributed by atoms with Gasteiger partial charge in [-0.05, 0) is 43.4 Å². The van der Waals surface area contributed by atoms with Gasteiger partial charge in [-0.3, -0.25) is 5.43 Å². The van der Waals surface area contributed by atoms with Gasteiger partial charge in [0.1, 0.15) is 4.90 Å². The van der Waals surface area contributed by atoms with Crippen molar-refractivity contribution in [1.29, 1.82) is 0 Å². The average molecular weight is 297 g/mol. The molecule has 2 saturated carbocycles. The summed E-state index contributed by atoms with van der Waals surface area (Å²) in [4.78, 5) is 7.71. The standard InChI is InChI=1S/C12H19N5O2S/c13-17-12-14-5-10(6-15-12)20(18,19)16-7-11(8-1-2-8)9-3-4-9/h5-6,8-9,11,16H,1-4,7,13H2,(H,14,15,17). The average Bonchev–Trinajstić information content (AvgIpc) is 3.32. The lowest BCUT2D eigenvalue weighted by atomic mass is 9.99. The zero-order chi connectivity index (χ0) is 14.2. The van der Waals surface area contributed by atoms with Crippen LogP contribution in [-0.2, 0) is 10.0 Å². The van der Waals surface area contributed by atoms with Crippen LogP contribution in [0.4, 0.5) is 5.95 Å². The molecule has 2 aliphatic rings. The van der Waals surface area contributed by atoms with E-state index in [0.717, 1.165) is 0 Å². The second-order valence-corrected chi connectivity index (χ2v) is 7.34. The Balaban J connectivity index is 1.64. The van der Waals surface area contributed by atoms with E-state index in [9.17, 15) is 8.42 Å². The van der Waals surface area contributed by atoms with E-state index in [1.165, 1.54) is 38.1 Å². The summed E-state index contributed by atoms with van der Waals surface area (Å²) in [5.74, 6) is 7.26. The lowest BCUT2D eigenvalue weighted by Crippen LogP contribution is -2.31. The van der Waals surface area contributed by atoms with E-state index in [2.05, 4.69) is 20.1 Å². The highest BCUT2D eigenvalue weighted by Crippen LogP contribution is 2.48. The van der Waals surface area contributed by atoms with Crippen LogP contribution in [0.25, 0.3) is 0 Å². The largest absolute Gasteiger partial charge is 0.292 e. The molecule has 8 heteroatoms. The Morgan fingerprint density at radius 1 is 1.20 bits per heavy atom. The molecule has 0 saturated heterocycles. The second-order valence-electron chi connectivity index (χ2n) is 5.58. The van der Waals surface area contributed by atoms with Crippen LogP contribution in [0.3, 0.4) is 0 Å². The normalized spacial score (nSPS) is 19.3. The molecule has 0 spiro atoms. The van der Waals surface area contributed by atoms with E-state index >= 15 is 0 Å². The fraction of sp³-hybridized carbons (Fsp3) is 0.667. The van der Waals surface area contributed by atoms with Crippen molar-refractivity contribution < 1.29 is 8.42 Å². The molecule has 0 radical (unpaired) electrons. The van der Waals surface area contributed by atoms with Gasteiger partial charge in [0.05, 0.1) is 12.4 Å². The Kier molecular flexibility index (Phi) is 3.61. The van der Waals surface area contributed by atoms with Gasteiger partial charge in [-0.15, -0.1) is 0 Å². The summed E-state index contributed by atoms with van der Waals surface area (Å²) >= 11 is 0. The number of anilines is 1. The van der Waals surface area contributed by atoms with Gasteiger partial charge in [0, 0.05) is 6.54 Å². The first-order valence-corrected chi connectivity index (χ1v) is 8.37. The predicted octanol–water partition coefficient (Wildman–Crippen LogP) is 0.477. The third-order valence-electron chi connectivity index (χ3n) is 4.03. The molecule has 7 nitrogen and oxygen atoms in total. The molecule has 2 fully saturated rings. The summed E-state index contributed by atoms with van der Waals surface area (Å²) in [5, 5.41) is 0. The van der Waals surface area contributed by atoms with Crippen molar-refractivity contribution in [2.45, 2.75) is 30.6 Å². The summed E-state index contributed by atoms with van der Waals surface area (Å²) in [5.41, 5.74) is 2.26. The molecule has 2 aliphatic carbocycles. The van der Waals surface area contributed by atoms with Gasteiger partial charge >= 0.3 is 0 Å². The molecule has 110 valence electrons. The first-order valence-electron chi connectivity index (χ1n) is 6.88. The molecular weight excluding hydrogens is 278 g/mol. The van der Waals surface area contributed by atoms with Gasteiger partial charge in [0.2, 0.25) is 16.0 Å². The highest BCUT2D eigenvalue weighted by Gasteiger charge is 2.41. The van der Waals surface area contributed by atoms with Gasteiger partial charge < -0.3 is 0 Å². The smallest absolute Gasteiger partial charge is 0.243 e. The first kappa shape index (κ1) is 13.7. The van der Waals surface area contributed by atoms with Gasteiger partial charge in [-0.2, -0.15) is 0 Å². The SMILES string of the molecule is NNc1ncc(S(=O)(=O)NCC(C2CC2)C2CC2)cn1. The Morgan fingerprint density at radius 3 is 2.20 bits per heavy atom. The quantitative estimate of drug-likeness (QED) is 0.498. The minimum atomic E-state index is -3.54. The van der Waals surface area contributed by atoms with E-state index < -0.39 is 10.0 Å². The van der Waals surface area contributed by atoms with Crippen LogP contribution >= 0.6 is 0 Å². The fourth-order valence-corrected chi connectivity index (χ4v) is 3.55. The summed E-state index contributed by atoms with van der Waals surface area (Å²) in [7, 11) is -3.54. The maximum Gasteiger partial charge on any atom is 0.243 e. The van der Waals surface area contributed by atoms with Gasteiger partial charge in [0.25, 0.3) is 0 Å². The van der Waals surface area contributed by atoms with Crippen molar-refractivity contribution in [1.82, 2.24) is 14.7 Å². The lowest BCUT2D eigenvalue weighted by Gasteiger charge is -2.16. The first-order chi connectivity index (χ1) is 9.60. The topological polar surface area (TPSA) is 110 Å². The van der Waals surface area contributed by atoms with Crippen LogP contribution in [0.2, 0.25) is 0 Å². The van der Waals surface area contributed by atoms with Crippen molar-refractivity contribution in [2.24, 2.45) is 23.6 Å². The molecule has 4 N–H and O–H groups in total. The number of hydrogen-bond acceptors (Lipinski definition) is 6. The Morgan fingerprint density at radius 2 is 1.75 bits per heavy atom. The van der Waals surface area contributed by atoms with Gasteiger partial charge in [-0.1, -0.05) is 0 Å². The number of sulfonamides is 1. The van der Waals surface area contributed by atoms with E-state index in [4.69, 9.17) is 5.84 Å². The number of aromatic nitrogens is 2. The summed E-state index contributed by atoms with van der Waals surface area (Å²) in [6, 6.07) is 0. The molecule has 20 heavy (non-hydrogen) atoms. The molecule has 1 aromatic rings. The van der Waals surface area contributed by atoms with Crippen LogP contribution in [0.5, 0.6) is 0 Å². The minimum Gasteiger partial charge on any atom is -0.292 e. The predicted molar refractivity (Wildman–Crippen MR) is 74.0 cm³/mol. The maximum absolute atomic E-state index is 12.2. The summed E-state index contributed by atoms with van der Waals surface area (Å²) in [6.07, 6.45) is 7.47. The summed E-state index contributed by atoms with van der Waals surface area (Å²) in [6.45, 7) is 0.522. The van der Waals surface area contributed by atoms with E-state index in [-0.39, 0.29) is 10.8 Å². The minimum absolute atomic E-state index is 0.0712. The van der Waals surface area contributed by atoms with Gasteiger partial charge in [0.15, 0.2) is 0 Å². The number of nitrogens with two attached hydrogens (primary N) is 1. The van der Waals surface area contributed by atoms with Crippen LogP contribution in [0.15, 0.2) is 17.3 Å². The van der Waals surface area contributed by atoms with Crippen molar-refractivity contribution in [3.05, 3.63) is 12.4 Å². The Labute approximate surface area is 118 Å². The second kappa shape index (κ2) is 5.27. The third-order valence-corrected chi connectivity index (χ3v) is 5.41. The zero-order valence-corrected chi connectivity index (χ0v) is 11.9. The maximum atomic E-state index is 12.2. The molecule has 1 heterocycles. The zero-order valence-electron chi connectivity index (χ0n) is 11.1. The van der Waals surface area contributed by atoms with Gasteiger partial charge in [-0.25, -0.2) is 29.0 Å². The highest BCUT2D eigenvalue weighted by molar-refractivity contribution is 7.89. The fourth-order valence-electron chi connectivity index (χ4n) is 2.59. The van der Waals surface area contributed by atoms with E-state index in [1.54, 1.807) is 0 Å². The van der Waals surface area contributed by atoms with Crippen molar-refractivity contribution in [2.75, 3.05) is 12.0 Å². The number of hydrazine groups is 1. The molecule has 0 amide bonds. The highest BCUT2D eigenvalue weighted by atomic mass is 32.2. The monoisotopic (exact) mass is 297 g/mol. The number of nitrogen functional groups attached to an aromatic ring is 1. The van der Waals surface area contributed by atoms with Crippen LogP contribution in [0.1, 0.15) is 25.7 Å². The molecule has 0 unspecified atom stereocenters. The van der Waals surface area contributed by atoms with Crippen molar-refractivity contribution >= 4 is 16.0 Å². The van der Waals surface area contributed by atoms with Crippen molar-refractivity contribution in [3.63, 3.8) is 0 Å². The number of nitrogens with zero attached hydrogens (tertiary/aromatic N) is 2. The molecule has 0 aromatic carbocycles. The van der Waals surface area contributed by atoms with Crippen LogP contribution < -0.4 is 16.0 Å². The van der Waals surface area contributed by atoms with Crippen LogP contribution in [0, 0.1) is 17.8 Å². The third kappa shape index (κ3) is 3.08. The van der Waals surface area contributed by atoms with Crippen molar-refractivity contribution in [3.8, 4) is 0 Å². The molecule has 0 bridgehead atoms. The Hall–Kier alpha value is -1.25. The van der Waals surface area contributed by atoms with Crippen LogP contribution in [-0.4, -0.2) is 24.9 Å². The molecular formula is C12H19N5O2S. The number of nitrogens with one attached hydrogen (secondary N) is 2. The number of hydrogen-bond donors (Lipinski definition) is 3. The molecule has 0 aliphatic heterocycles. The molecule has 1 aromatic heterocycles. The van der Waals surface area contributed by atoms with E-state index in [1.807, 2.05) is 0 Å². The lowest BCUT2D eigenvalue weighted by molar-refractivity contribution is 0.401. The molecule has 0 atom stereocenters. The summed E-state index contributed by atoms with van der Waals surface area (Å²) < 4.78 is 27.1. The molecule has 3 rings (SSSR count). The number of rotatable bonds is 7.